The van der Waals surface area contributed by atoms with Crippen LogP contribution in [0.15, 0.2) is 33.6 Å². The minimum atomic E-state index is -3.23. The quantitative estimate of drug-likeness (QED) is 0.617. The summed E-state index contributed by atoms with van der Waals surface area (Å²) >= 11 is 3.23. The summed E-state index contributed by atoms with van der Waals surface area (Å²) in [6.07, 6.45) is 1.40. The molecule has 1 aromatic carbocycles. The molecule has 0 unspecified atom stereocenters. The third kappa shape index (κ3) is 3.76. The van der Waals surface area contributed by atoms with E-state index in [1.54, 1.807) is 24.3 Å². The second kappa shape index (κ2) is 5.42. The highest BCUT2D eigenvalue weighted by Gasteiger charge is 2.13. The Hall–Kier alpha value is -0.680. The molecule has 0 aliphatic rings. The summed E-state index contributed by atoms with van der Waals surface area (Å²) in [4.78, 5) is 10.4. The first-order chi connectivity index (χ1) is 7.06. The predicted molar refractivity (Wildman–Crippen MR) is 61.5 cm³/mol. The highest BCUT2D eigenvalue weighted by molar-refractivity contribution is 9.10. The standard InChI is InChI=1S/C10H11BrO3S/c11-9-3-5-10(6-4-9)15(13,14)8-2-1-7-12/h3-7H,1-2,8H2. The summed E-state index contributed by atoms with van der Waals surface area (Å²) in [5.41, 5.74) is 0. The minimum absolute atomic E-state index is 0.0212. The average Bonchev–Trinajstić information content (AvgIpc) is 2.18. The number of carbonyl (C=O) groups is 1. The van der Waals surface area contributed by atoms with Crippen molar-refractivity contribution < 1.29 is 13.2 Å². The summed E-state index contributed by atoms with van der Waals surface area (Å²) in [5.74, 6) is 0.0212. The molecule has 0 saturated heterocycles. The van der Waals surface area contributed by atoms with Crippen molar-refractivity contribution in [3.05, 3.63) is 28.7 Å². The molecule has 0 saturated carbocycles. The molecule has 1 rings (SSSR count). The first-order valence-corrected chi connectivity index (χ1v) is 6.93. The fourth-order valence-corrected chi connectivity index (χ4v) is 2.71. The van der Waals surface area contributed by atoms with E-state index >= 15 is 0 Å². The molecule has 15 heavy (non-hydrogen) atoms. The summed E-state index contributed by atoms with van der Waals surface area (Å²) in [6.45, 7) is 0. The first-order valence-electron chi connectivity index (χ1n) is 4.48. The van der Waals surface area contributed by atoms with Crippen molar-refractivity contribution in [1.29, 1.82) is 0 Å². The highest BCUT2D eigenvalue weighted by atomic mass is 79.9. The SMILES string of the molecule is O=CCCCS(=O)(=O)c1ccc(Br)cc1. The largest absolute Gasteiger partial charge is 0.303 e. The Balaban J connectivity index is 2.77. The molecule has 0 amide bonds. The zero-order chi connectivity index (χ0) is 11.3. The number of sulfone groups is 1. The van der Waals surface area contributed by atoms with E-state index in [1.807, 2.05) is 0 Å². The number of hydrogen-bond donors (Lipinski definition) is 0. The Labute approximate surface area is 97.5 Å². The van der Waals surface area contributed by atoms with Gasteiger partial charge in [0.15, 0.2) is 9.84 Å². The molecule has 0 heterocycles. The van der Waals surface area contributed by atoms with Gasteiger partial charge in [-0.25, -0.2) is 8.42 Å². The molecule has 0 aromatic heterocycles. The van der Waals surface area contributed by atoms with Crippen LogP contribution in [0.4, 0.5) is 0 Å². The van der Waals surface area contributed by atoms with Crippen molar-refractivity contribution in [3.8, 4) is 0 Å². The van der Waals surface area contributed by atoms with E-state index in [0.717, 1.165) is 10.8 Å². The molecule has 3 nitrogen and oxygen atoms in total. The van der Waals surface area contributed by atoms with E-state index in [0.29, 0.717) is 11.3 Å². The van der Waals surface area contributed by atoms with Gasteiger partial charge in [-0.2, -0.15) is 0 Å². The Bertz CT molecular complexity index is 422. The fraction of sp³-hybridized carbons (Fsp3) is 0.300. The first kappa shape index (κ1) is 12.4. The van der Waals surface area contributed by atoms with Crippen molar-refractivity contribution in [2.75, 3.05) is 5.75 Å². The van der Waals surface area contributed by atoms with Crippen LogP contribution in [0.1, 0.15) is 12.8 Å². The second-order valence-electron chi connectivity index (χ2n) is 3.08. The van der Waals surface area contributed by atoms with E-state index in [4.69, 9.17) is 0 Å². The average molecular weight is 291 g/mol. The van der Waals surface area contributed by atoms with Gasteiger partial charge in [0.05, 0.1) is 10.6 Å². The van der Waals surface area contributed by atoms with Gasteiger partial charge in [-0.1, -0.05) is 15.9 Å². The number of hydrogen-bond acceptors (Lipinski definition) is 3. The van der Waals surface area contributed by atoms with E-state index in [-0.39, 0.29) is 12.2 Å². The summed E-state index contributed by atoms with van der Waals surface area (Å²) < 4.78 is 24.2. The lowest BCUT2D eigenvalue weighted by molar-refractivity contribution is -0.107. The van der Waals surface area contributed by atoms with E-state index < -0.39 is 9.84 Å². The van der Waals surface area contributed by atoms with Crippen LogP contribution >= 0.6 is 15.9 Å². The molecule has 0 aliphatic heterocycles. The van der Waals surface area contributed by atoms with E-state index in [9.17, 15) is 13.2 Å². The topological polar surface area (TPSA) is 51.2 Å². The maximum Gasteiger partial charge on any atom is 0.178 e. The van der Waals surface area contributed by atoms with Crippen LogP contribution < -0.4 is 0 Å². The van der Waals surface area contributed by atoms with Crippen molar-refractivity contribution in [2.24, 2.45) is 0 Å². The Kier molecular flexibility index (Phi) is 4.47. The second-order valence-corrected chi connectivity index (χ2v) is 6.11. The van der Waals surface area contributed by atoms with Crippen molar-refractivity contribution in [1.82, 2.24) is 0 Å². The summed E-state index contributed by atoms with van der Waals surface area (Å²) in [7, 11) is -3.23. The molecule has 0 bridgehead atoms. The lowest BCUT2D eigenvalue weighted by atomic mass is 10.4. The molecule has 0 atom stereocenters. The maximum absolute atomic E-state index is 11.7. The number of aldehydes is 1. The van der Waals surface area contributed by atoms with Gasteiger partial charge in [-0.3, -0.25) is 0 Å². The molecule has 1 aromatic rings. The fourth-order valence-electron chi connectivity index (χ4n) is 1.12. The third-order valence-electron chi connectivity index (χ3n) is 1.91. The third-order valence-corrected chi connectivity index (χ3v) is 4.25. The molecule has 0 N–H and O–H groups in total. The lowest BCUT2D eigenvalue weighted by Gasteiger charge is -2.02. The molecular weight excluding hydrogens is 280 g/mol. The van der Waals surface area contributed by atoms with Crippen molar-refractivity contribution in [2.45, 2.75) is 17.7 Å². The normalized spacial score (nSPS) is 11.3. The minimum Gasteiger partial charge on any atom is -0.303 e. The number of carbonyl (C=O) groups excluding carboxylic acids is 1. The van der Waals surface area contributed by atoms with E-state index in [2.05, 4.69) is 15.9 Å². The molecule has 5 heteroatoms. The monoisotopic (exact) mass is 290 g/mol. The summed E-state index contributed by atoms with van der Waals surface area (Å²) in [5, 5.41) is 0. The highest BCUT2D eigenvalue weighted by Crippen LogP contribution is 2.16. The predicted octanol–water partition coefficient (Wildman–Crippen LogP) is 2.20. The maximum atomic E-state index is 11.7. The van der Waals surface area contributed by atoms with Crippen molar-refractivity contribution >= 4 is 32.1 Å². The van der Waals surface area contributed by atoms with Crippen LogP contribution in [0, 0.1) is 0 Å². The lowest BCUT2D eigenvalue weighted by Crippen LogP contribution is -2.06. The van der Waals surface area contributed by atoms with Crippen LogP contribution in [-0.2, 0) is 14.6 Å². The number of benzene rings is 1. The van der Waals surface area contributed by atoms with Gasteiger partial charge in [0, 0.05) is 10.9 Å². The van der Waals surface area contributed by atoms with Crippen LogP contribution in [0.5, 0.6) is 0 Å². The number of halogens is 1. The van der Waals surface area contributed by atoms with Gasteiger partial charge in [-0.15, -0.1) is 0 Å². The Morgan fingerprint density at radius 1 is 1.20 bits per heavy atom. The zero-order valence-corrected chi connectivity index (χ0v) is 10.4. The van der Waals surface area contributed by atoms with Gasteiger partial charge < -0.3 is 4.79 Å². The molecule has 0 spiro atoms. The molecule has 0 aliphatic carbocycles. The molecule has 0 radical (unpaired) electrons. The van der Waals surface area contributed by atoms with Crippen molar-refractivity contribution in [3.63, 3.8) is 0 Å². The summed E-state index contributed by atoms with van der Waals surface area (Å²) in [6, 6.07) is 6.49. The number of rotatable bonds is 5. The smallest absolute Gasteiger partial charge is 0.178 e. The Morgan fingerprint density at radius 2 is 1.80 bits per heavy atom. The van der Waals surface area contributed by atoms with Crippen LogP contribution in [-0.4, -0.2) is 20.5 Å². The van der Waals surface area contributed by atoms with Gasteiger partial charge >= 0.3 is 0 Å². The van der Waals surface area contributed by atoms with Gasteiger partial charge in [-0.05, 0) is 30.7 Å². The van der Waals surface area contributed by atoms with Gasteiger partial charge in [0.1, 0.15) is 6.29 Å². The van der Waals surface area contributed by atoms with Crippen LogP contribution in [0.3, 0.4) is 0 Å². The van der Waals surface area contributed by atoms with E-state index in [1.165, 1.54) is 0 Å². The number of unbranched alkanes of at least 4 members (excludes halogenated alkanes) is 1. The van der Waals surface area contributed by atoms with Crippen LogP contribution in [0.25, 0.3) is 0 Å². The van der Waals surface area contributed by atoms with Gasteiger partial charge in [0.25, 0.3) is 0 Å². The molecular formula is C10H11BrO3S. The zero-order valence-electron chi connectivity index (χ0n) is 8.02. The Morgan fingerprint density at radius 3 is 2.33 bits per heavy atom. The van der Waals surface area contributed by atoms with Gasteiger partial charge in [0.2, 0.25) is 0 Å². The molecule has 82 valence electrons. The van der Waals surface area contributed by atoms with Crippen LogP contribution in [0.2, 0.25) is 0 Å². The molecule has 0 fully saturated rings.